The monoisotopic (exact) mass is 223 g/mol. The van der Waals surface area contributed by atoms with Crippen molar-refractivity contribution in [3.63, 3.8) is 0 Å². The molecule has 0 aliphatic carbocycles. The number of aliphatic hydroxyl groups excluding tert-OH is 1. The molecule has 1 atom stereocenters. The molecule has 1 N–H and O–H groups in total. The summed E-state index contributed by atoms with van der Waals surface area (Å²) in [6.45, 7) is 1.56. The van der Waals surface area contributed by atoms with Crippen LogP contribution in [0.25, 0.3) is 0 Å². The lowest BCUT2D eigenvalue weighted by Crippen LogP contribution is -2.36. The molecule has 1 aliphatic rings. The highest BCUT2D eigenvalue weighted by Gasteiger charge is 2.17. The van der Waals surface area contributed by atoms with Crippen LogP contribution in [0.3, 0.4) is 0 Å². The van der Waals surface area contributed by atoms with E-state index in [4.69, 9.17) is 5.11 Å². The zero-order chi connectivity index (χ0) is 7.40. The van der Waals surface area contributed by atoms with Gasteiger partial charge >= 0.3 is 0 Å². The Hall–Kier alpha value is 0.400. The number of hydrogen-bond donors (Lipinski definition) is 1. The average molecular weight is 224 g/mol. The van der Waals surface area contributed by atoms with Crippen molar-refractivity contribution in [3.05, 3.63) is 0 Å². The van der Waals surface area contributed by atoms with E-state index < -0.39 is 0 Å². The Balaban J connectivity index is 0.000001000. The molecule has 0 aromatic heterocycles. The predicted octanol–water partition coefficient (Wildman–Crippen LogP) is 1.43. The van der Waals surface area contributed by atoms with Gasteiger partial charge < -0.3 is 10.0 Å². The molecule has 3 heteroatoms. The lowest BCUT2D eigenvalue weighted by Gasteiger charge is -2.31. The molecule has 0 saturated carbocycles. The molecular weight excluding hydrogens is 206 g/mol. The summed E-state index contributed by atoms with van der Waals surface area (Å²) in [5, 5.41) is 8.71. The number of hydrogen-bond acceptors (Lipinski definition) is 2. The number of halogens is 1. The van der Waals surface area contributed by atoms with Crippen LogP contribution >= 0.6 is 17.0 Å². The van der Waals surface area contributed by atoms with Crippen molar-refractivity contribution in [1.82, 2.24) is 4.90 Å². The van der Waals surface area contributed by atoms with Crippen molar-refractivity contribution in [2.24, 2.45) is 0 Å². The minimum atomic E-state index is 0. The molecule has 11 heavy (non-hydrogen) atoms. The molecule has 0 aromatic carbocycles. The Bertz CT molecular complexity index is 98.1. The Morgan fingerprint density at radius 1 is 1.45 bits per heavy atom. The molecule has 1 unspecified atom stereocenters. The highest BCUT2D eigenvalue weighted by molar-refractivity contribution is 8.93. The Labute approximate surface area is 79.4 Å². The molecule has 1 fully saturated rings. The van der Waals surface area contributed by atoms with Gasteiger partial charge in [-0.2, -0.15) is 0 Å². The number of likely N-dealkylation sites (tertiary alicyclic amines) is 1. The van der Waals surface area contributed by atoms with E-state index in [-0.39, 0.29) is 17.0 Å². The normalized spacial score (nSPS) is 26.2. The maximum absolute atomic E-state index is 8.71. The fourth-order valence-electron chi connectivity index (χ4n) is 1.66. The van der Waals surface area contributed by atoms with Crippen molar-refractivity contribution in [3.8, 4) is 0 Å². The molecule has 0 spiro atoms. The first kappa shape index (κ1) is 11.4. The lowest BCUT2D eigenvalue weighted by molar-refractivity contribution is 0.147. The van der Waals surface area contributed by atoms with Crippen molar-refractivity contribution < 1.29 is 5.11 Å². The van der Waals surface area contributed by atoms with E-state index in [9.17, 15) is 0 Å². The van der Waals surface area contributed by atoms with Crippen LogP contribution in [0.5, 0.6) is 0 Å². The van der Waals surface area contributed by atoms with E-state index in [1.807, 2.05) is 0 Å². The smallest absolute Gasteiger partial charge is 0.0445 e. The van der Waals surface area contributed by atoms with Crippen LogP contribution in [-0.4, -0.2) is 36.2 Å². The largest absolute Gasteiger partial charge is 0.396 e. The highest BCUT2D eigenvalue weighted by atomic mass is 79.9. The van der Waals surface area contributed by atoms with E-state index in [1.54, 1.807) is 0 Å². The van der Waals surface area contributed by atoms with Gasteiger partial charge in [0.1, 0.15) is 0 Å². The second kappa shape index (κ2) is 5.98. The maximum Gasteiger partial charge on any atom is 0.0445 e. The molecule has 2 nitrogen and oxygen atoms in total. The Morgan fingerprint density at radius 3 is 2.73 bits per heavy atom. The third-order valence-corrected chi connectivity index (χ3v) is 2.38. The fourth-order valence-corrected chi connectivity index (χ4v) is 1.66. The summed E-state index contributed by atoms with van der Waals surface area (Å²) in [5.41, 5.74) is 0. The van der Waals surface area contributed by atoms with Gasteiger partial charge in [0, 0.05) is 12.6 Å². The molecule has 68 valence electrons. The van der Waals surface area contributed by atoms with Crippen molar-refractivity contribution in [2.75, 3.05) is 20.2 Å². The Morgan fingerprint density at radius 2 is 2.18 bits per heavy atom. The molecule has 1 heterocycles. The van der Waals surface area contributed by atoms with Gasteiger partial charge in [-0.05, 0) is 32.9 Å². The van der Waals surface area contributed by atoms with Crippen LogP contribution in [0.15, 0.2) is 0 Å². The second-order valence-corrected chi connectivity index (χ2v) is 3.14. The summed E-state index contributed by atoms with van der Waals surface area (Å²) in [6, 6.07) is 0.652. The first-order valence-electron chi connectivity index (χ1n) is 4.15. The zero-order valence-electron chi connectivity index (χ0n) is 7.12. The van der Waals surface area contributed by atoms with E-state index in [0.717, 1.165) is 6.42 Å². The van der Waals surface area contributed by atoms with Crippen LogP contribution in [0.1, 0.15) is 25.7 Å². The first-order valence-corrected chi connectivity index (χ1v) is 4.15. The molecule has 0 aromatic rings. The fraction of sp³-hybridized carbons (Fsp3) is 1.00. The van der Waals surface area contributed by atoms with Gasteiger partial charge in [-0.3, -0.25) is 0 Å². The number of aliphatic hydroxyl groups is 1. The van der Waals surface area contributed by atoms with Gasteiger partial charge in [-0.25, -0.2) is 0 Å². The van der Waals surface area contributed by atoms with Crippen LogP contribution in [0.2, 0.25) is 0 Å². The highest BCUT2D eigenvalue weighted by Crippen LogP contribution is 2.16. The number of piperidine rings is 1. The van der Waals surface area contributed by atoms with Gasteiger partial charge in [0.05, 0.1) is 0 Å². The summed E-state index contributed by atoms with van der Waals surface area (Å²) in [4.78, 5) is 2.36. The van der Waals surface area contributed by atoms with Gasteiger partial charge in [-0.15, -0.1) is 17.0 Å². The molecule has 0 amide bonds. The average Bonchev–Trinajstić information content (AvgIpc) is 1.94. The van der Waals surface area contributed by atoms with Crippen LogP contribution < -0.4 is 0 Å². The standard InChI is InChI=1S/C8H17NO.BrH/c1-9-6-3-2-4-8(9)5-7-10;/h8,10H,2-7H2,1H3;1H. The van der Waals surface area contributed by atoms with Gasteiger partial charge in [-0.1, -0.05) is 6.42 Å². The van der Waals surface area contributed by atoms with E-state index in [1.165, 1.54) is 25.8 Å². The molecule has 0 bridgehead atoms. The molecule has 1 rings (SSSR count). The van der Waals surface area contributed by atoms with Gasteiger partial charge in [0.2, 0.25) is 0 Å². The van der Waals surface area contributed by atoms with Crippen LogP contribution in [-0.2, 0) is 0 Å². The lowest BCUT2D eigenvalue weighted by atomic mass is 10.0. The van der Waals surface area contributed by atoms with Crippen LogP contribution in [0.4, 0.5) is 0 Å². The summed E-state index contributed by atoms with van der Waals surface area (Å²) in [6.07, 6.45) is 4.90. The molecule has 1 aliphatic heterocycles. The third-order valence-electron chi connectivity index (χ3n) is 2.38. The van der Waals surface area contributed by atoms with E-state index >= 15 is 0 Å². The first-order chi connectivity index (χ1) is 4.84. The van der Waals surface area contributed by atoms with Crippen molar-refractivity contribution in [2.45, 2.75) is 31.7 Å². The van der Waals surface area contributed by atoms with Crippen molar-refractivity contribution in [1.29, 1.82) is 0 Å². The predicted molar refractivity (Wildman–Crippen MR) is 52.3 cm³/mol. The maximum atomic E-state index is 8.71. The third kappa shape index (κ3) is 3.54. The van der Waals surface area contributed by atoms with Crippen molar-refractivity contribution >= 4 is 17.0 Å². The van der Waals surface area contributed by atoms with Gasteiger partial charge in [0.15, 0.2) is 0 Å². The molecule has 0 radical (unpaired) electrons. The second-order valence-electron chi connectivity index (χ2n) is 3.14. The van der Waals surface area contributed by atoms with Gasteiger partial charge in [0.25, 0.3) is 0 Å². The summed E-state index contributed by atoms with van der Waals surface area (Å²) >= 11 is 0. The zero-order valence-corrected chi connectivity index (χ0v) is 8.84. The number of rotatable bonds is 2. The van der Waals surface area contributed by atoms with E-state index in [2.05, 4.69) is 11.9 Å². The van der Waals surface area contributed by atoms with E-state index in [0.29, 0.717) is 12.6 Å². The minimum absolute atomic E-state index is 0. The quantitative estimate of drug-likeness (QED) is 0.767. The van der Waals surface area contributed by atoms with Crippen LogP contribution in [0, 0.1) is 0 Å². The summed E-state index contributed by atoms with van der Waals surface area (Å²) < 4.78 is 0. The topological polar surface area (TPSA) is 23.5 Å². The number of nitrogens with zero attached hydrogens (tertiary/aromatic N) is 1. The Kier molecular flexibility index (Phi) is 6.19. The SMILES string of the molecule is Br.CN1CCCCC1CCO. The summed E-state index contributed by atoms with van der Waals surface area (Å²) in [7, 11) is 2.15. The summed E-state index contributed by atoms with van der Waals surface area (Å²) in [5.74, 6) is 0. The molecule has 1 saturated heterocycles. The minimum Gasteiger partial charge on any atom is -0.396 e. The molecular formula is C8H18BrNO.